The lowest BCUT2D eigenvalue weighted by molar-refractivity contribution is -0.150. The molecule has 0 unspecified atom stereocenters. The molecule has 0 radical (unpaired) electrons. The van der Waals surface area contributed by atoms with Crippen molar-refractivity contribution in [3.05, 3.63) is 65.5 Å². The van der Waals surface area contributed by atoms with Crippen molar-refractivity contribution >= 4 is 27.8 Å². The zero-order valence-electron chi connectivity index (χ0n) is 19.3. The van der Waals surface area contributed by atoms with Crippen molar-refractivity contribution < 1.29 is 31.9 Å². The average Bonchev–Trinajstić information content (AvgIpc) is 2.83. The van der Waals surface area contributed by atoms with Crippen LogP contribution in [0.15, 0.2) is 53.4 Å². The summed E-state index contributed by atoms with van der Waals surface area (Å²) in [5.41, 5.74) is 0.486. The Hall–Kier alpha value is -3.31. The molecular weight excluding hydrogens is 465 g/mol. The number of hydrogen-bond acceptors (Lipinski definition) is 6. The van der Waals surface area contributed by atoms with Gasteiger partial charge in [-0.3, -0.25) is 14.4 Å². The fourth-order valence-electron chi connectivity index (χ4n) is 3.02. The van der Waals surface area contributed by atoms with Crippen LogP contribution >= 0.6 is 0 Å². The number of halogens is 1. The molecule has 0 aromatic heterocycles. The van der Waals surface area contributed by atoms with Gasteiger partial charge in [0.25, 0.3) is 11.8 Å². The summed E-state index contributed by atoms with van der Waals surface area (Å²) < 4.78 is 44.9. The van der Waals surface area contributed by atoms with Crippen molar-refractivity contribution in [3.8, 4) is 0 Å². The van der Waals surface area contributed by atoms with Crippen LogP contribution in [-0.4, -0.2) is 68.7 Å². The first-order chi connectivity index (χ1) is 16.1. The Morgan fingerprint density at radius 1 is 1.00 bits per heavy atom. The molecule has 2 amide bonds. The number of carbonyl (C=O) groups is 3. The van der Waals surface area contributed by atoms with Gasteiger partial charge in [0.2, 0.25) is 10.0 Å². The molecule has 11 heteroatoms. The van der Waals surface area contributed by atoms with Gasteiger partial charge in [0.05, 0.1) is 4.90 Å². The molecule has 0 heterocycles. The standard InChI is InChI=1S/C23H28FN3O6S/c1-4-27(5-2)34(31,32)19-12-10-17(11-13-19)23(30)25-14-22(29)33-16-21(28)26(3)15-18-8-6-7-9-20(18)24/h6-13H,4-5,14-16H2,1-3H3,(H,25,30). The number of carbonyl (C=O) groups excluding carboxylic acids is 3. The predicted octanol–water partition coefficient (Wildman–Crippen LogP) is 1.79. The van der Waals surface area contributed by atoms with E-state index in [0.717, 1.165) is 0 Å². The van der Waals surface area contributed by atoms with Crippen molar-refractivity contribution in [2.75, 3.05) is 33.3 Å². The molecule has 2 aromatic carbocycles. The molecule has 184 valence electrons. The van der Waals surface area contributed by atoms with Crippen LogP contribution in [-0.2, 0) is 30.9 Å². The highest BCUT2D eigenvalue weighted by atomic mass is 32.2. The monoisotopic (exact) mass is 493 g/mol. The Morgan fingerprint density at radius 2 is 1.62 bits per heavy atom. The van der Waals surface area contributed by atoms with Crippen LogP contribution in [0.5, 0.6) is 0 Å². The van der Waals surface area contributed by atoms with E-state index in [-0.39, 0.29) is 17.0 Å². The number of likely N-dealkylation sites (N-methyl/N-ethyl adjacent to an activating group) is 1. The van der Waals surface area contributed by atoms with Gasteiger partial charge >= 0.3 is 5.97 Å². The van der Waals surface area contributed by atoms with Gasteiger partial charge < -0.3 is 15.0 Å². The van der Waals surface area contributed by atoms with Crippen molar-refractivity contribution in [2.45, 2.75) is 25.3 Å². The van der Waals surface area contributed by atoms with E-state index in [1.54, 1.807) is 32.0 Å². The molecule has 0 spiro atoms. The molecule has 1 N–H and O–H groups in total. The summed E-state index contributed by atoms with van der Waals surface area (Å²) in [6.07, 6.45) is 0. The molecule has 0 aliphatic heterocycles. The Balaban J connectivity index is 1.83. The molecule has 0 fully saturated rings. The average molecular weight is 494 g/mol. The van der Waals surface area contributed by atoms with Crippen LogP contribution in [0.1, 0.15) is 29.8 Å². The lowest BCUT2D eigenvalue weighted by Crippen LogP contribution is -2.34. The molecule has 0 aliphatic rings. The third-order valence-corrected chi connectivity index (χ3v) is 7.06. The van der Waals surface area contributed by atoms with E-state index in [4.69, 9.17) is 4.74 Å². The van der Waals surface area contributed by atoms with Crippen LogP contribution in [0, 0.1) is 5.82 Å². The van der Waals surface area contributed by atoms with E-state index in [1.165, 1.54) is 46.6 Å². The first-order valence-corrected chi connectivity index (χ1v) is 12.1. The van der Waals surface area contributed by atoms with E-state index in [1.807, 2.05) is 0 Å². The second kappa shape index (κ2) is 12.2. The van der Waals surface area contributed by atoms with Crippen molar-refractivity contribution in [2.24, 2.45) is 0 Å². The fraction of sp³-hybridized carbons (Fsp3) is 0.348. The number of amides is 2. The molecule has 9 nitrogen and oxygen atoms in total. The van der Waals surface area contributed by atoms with Crippen molar-refractivity contribution in [1.82, 2.24) is 14.5 Å². The summed E-state index contributed by atoms with van der Waals surface area (Å²) in [6.45, 7) is 3.09. The zero-order valence-corrected chi connectivity index (χ0v) is 20.1. The maximum atomic E-state index is 13.7. The van der Waals surface area contributed by atoms with E-state index in [9.17, 15) is 27.2 Å². The smallest absolute Gasteiger partial charge is 0.325 e. The fourth-order valence-corrected chi connectivity index (χ4v) is 4.48. The number of rotatable bonds is 11. The third kappa shape index (κ3) is 7.09. The van der Waals surface area contributed by atoms with Gasteiger partial charge in [-0.05, 0) is 30.3 Å². The summed E-state index contributed by atoms with van der Waals surface area (Å²) >= 11 is 0. The van der Waals surface area contributed by atoms with Gasteiger partial charge in [0.1, 0.15) is 12.4 Å². The second-order valence-electron chi connectivity index (χ2n) is 7.30. The predicted molar refractivity (Wildman–Crippen MR) is 123 cm³/mol. The molecule has 0 atom stereocenters. The highest BCUT2D eigenvalue weighted by Gasteiger charge is 2.22. The van der Waals surface area contributed by atoms with Gasteiger partial charge in [-0.25, -0.2) is 12.8 Å². The van der Waals surface area contributed by atoms with Gasteiger partial charge in [-0.1, -0.05) is 32.0 Å². The minimum absolute atomic E-state index is 0.0137. The number of hydrogen-bond donors (Lipinski definition) is 1. The zero-order chi connectivity index (χ0) is 25.3. The number of nitrogens with one attached hydrogen (secondary N) is 1. The van der Waals surface area contributed by atoms with Crippen LogP contribution in [0.3, 0.4) is 0 Å². The van der Waals surface area contributed by atoms with Crippen LogP contribution < -0.4 is 5.32 Å². The largest absolute Gasteiger partial charge is 0.454 e. The summed E-state index contributed by atoms with van der Waals surface area (Å²) in [7, 11) is -2.19. The summed E-state index contributed by atoms with van der Waals surface area (Å²) in [5.74, 6) is -2.41. The second-order valence-corrected chi connectivity index (χ2v) is 9.24. The van der Waals surface area contributed by atoms with Crippen LogP contribution in [0.2, 0.25) is 0 Å². The highest BCUT2D eigenvalue weighted by Crippen LogP contribution is 2.16. The lowest BCUT2D eigenvalue weighted by Gasteiger charge is -2.18. The highest BCUT2D eigenvalue weighted by molar-refractivity contribution is 7.89. The first kappa shape index (κ1) is 26.9. The number of esters is 1. The van der Waals surface area contributed by atoms with E-state index in [2.05, 4.69) is 5.32 Å². The Bertz CT molecular complexity index is 1120. The Morgan fingerprint density at radius 3 is 2.21 bits per heavy atom. The van der Waals surface area contributed by atoms with Gasteiger partial charge in [0.15, 0.2) is 6.61 Å². The quantitative estimate of drug-likeness (QED) is 0.478. The minimum Gasteiger partial charge on any atom is -0.454 e. The molecule has 0 bridgehead atoms. The number of benzene rings is 2. The van der Waals surface area contributed by atoms with Gasteiger partial charge in [0, 0.05) is 37.8 Å². The van der Waals surface area contributed by atoms with E-state index in [0.29, 0.717) is 18.7 Å². The molecule has 2 aromatic rings. The third-order valence-electron chi connectivity index (χ3n) is 5.00. The minimum atomic E-state index is -3.64. The summed E-state index contributed by atoms with van der Waals surface area (Å²) in [6, 6.07) is 11.4. The van der Waals surface area contributed by atoms with Crippen molar-refractivity contribution in [3.63, 3.8) is 0 Å². The lowest BCUT2D eigenvalue weighted by atomic mass is 10.2. The first-order valence-electron chi connectivity index (χ1n) is 10.6. The number of sulfonamides is 1. The normalized spacial score (nSPS) is 11.2. The maximum Gasteiger partial charge on any atom is 0.325 e. The Labute approximate surface area is 198 Å². The van der Waals surface area contributed by atoms with E-state index >= 15 is 0 Å². The molecular formula is C23H28FN3O6S. The number of ether oxygens (including phenoxy) is 1. The topological polar surface area (TPSA) is 113 Å². The van der Waals surface area contributed by atoms with E-state index < -0.39 is 46.8 Å². The van der Waals surface area contributed by atoms with Crippen molar-refractivity contribution in [1.29, 1.82) is 0 Å². The SMILES string of the molecule is CCN(CC)S(=O)(=O)c1ccc(C(=O)NCC(=O)OCC(=O)N(C)Cc2ccccc2F)cc1. The summed E-state index contributed by atoms with van der Waals surface area (Å²) in [4.78, 5) is 37.5. The summed E-state index contributed by atoms with van der Waals surface area (Å²) in [5, 5.41) is 2.35. The van der Waals surface area contributed by atoms with Gasteiger partial charge in [-0.2, -0.15) is 4.31 Å². The van der Waals surface area contributed by atoms with Crippen LogP contribution in [0.25, 0.3) is 0 Å². The van der Waals surface area contributed by atoms with Crippen LogP contribution in [0.4, 0.5) is 4.39 Å². The molecule has 0 aliphatic carbocycles. The number of nitrogens with zero attached hydrogens (tertiary/aromatic N) is 2. The molecule has 34 heavy (non-hydrogen) atoms. The molecule has 0 saturated carbocycles. The maximum absolute atomic E-state index is 13.7. The van der Waals surface area contributed by atoms with Gasteiger partial charge in [-0.15, -0.1) is 0 Å². The molecule has 0 saturated heterocycles. The molecule has 2 rings (SSSR count). The Kier molecular flexibility index (Phi) is 9.69.